The van der Waals surface area contributed by atoms with Crippen LogP contribution in [0.15, 0.2) is 24.3 Å². The molecule has 1 fully saturated rings. The van der Waals surface area contributed by atoms with E-state index in [0.29, 0.717) is 24.5 Å². The fourth-order valence-corrected chi connectivity index (χ4v) is 1.78. The molecule has 0 spiro atoms. The van der Waals surface area contributed by atoms with Crippen LogP contribution in [-0.4, -0.2) is 37.7 Å². The molecule has 0 bridgehead atoms. The third kappa shape index (κ3) is 2.91. The molecule has 1 saturated heterocycles. The molecule has 2 amide bonds. The summed E-state index contributed by atoms with van der Waals surface area (Å²) in [5, 5.41) is 5.77. The van der Waals surface area contributed by atoms with E-state index in [1.165, 1.54) is 0 Å². The van der Waals surface area contributed by atoms with Crippen molar-refractivity contribution in [1.82, 2.24) is 5.32 Å². The fraction of sp³-hybridized carbons (Fsp3) is 0.429. The van der Waals surface area contributed by atoms with Crippen LogP contribution in [0.4, 0.5) is 16.2 Å². The molecule has 6 nitrogen and oxygen atoms in total. The van der Waals surface area contributed by atoms with Crippen molar-refractivity contribution in [1.29, 1.82) is 0 Å². The number of likely N-dealkylation sites (N-methyl/N-ethyl adjacent to an activating group) is 1. The van der Waals surface area contributed by atoms with Gasteiger partial charge in [-0.3, -0.25) is 9.69 Å². The third-order valence-corrected chi connectivity index (χ3v) is 3.37. The van der Waals surface area contributed by atoms with Gasteiger partial charge in [-0.2, -0.15) is 0 Å². The second kappa shape index (κ2) is 5.50. The number of benzene rings is 1. The Hall–Kier alpha value is -2.08. The minimum atomic E-state index is -0.664. The fourth-order valence-electron chi connectivity index (χ4n) is 1.78. The standard InChI is InChI=1S/C14H19N3O3/c1-14(2,15-3)12(18)16-10-5-4-6-11(9-10)17-7-8-20-13(17)19/h4-6,9,15H,7-8H2,1-3H3,(H,16,18). The van der Waals surface area contributed by atoms with Crippen LogP contribution < -0.4 is 15.5 Å². The summed E-state index contributed by atoms with van der Waals surface area (Å²) in [6.07, 6.45) is -0.357. The molecule has 0 atom stereocenters. The summed E-state index contributed by atoms with van der Waals surface area (Å²) in [6.45, 7) is 4.51. The molecule has 0 aliphatic carbocycles. The molecule has 6 heteroatoms. The Balaban J connectivity index is 2.14. The van der Waals surface area contributed by atoms with Gasteiger partial charge in [0.1, 0.15) is 6.61 Å². The SMILES string of the molecule is CNC(C)(C)C(=O)Nc1cccc(N2CCOC2=O)c1. The van der Waals surface area contributed by atoms with E-state index in [1.807, 2.05) is 6.07 Å². The van der Waals surface area contributed by atoms with Gasteiger partial charge in [-0.05, 0) is 39.1 Å². The lowest BCUT2D eigenvalue weighted by molar-refractivity contribution is -0.121. The number of hydrogen-bond donors (Lipinski definition) is 2. The average Bonchev–Trinajstić information content (AvgIpc) is 2.85. The molecule has 1 aliphatic rings. The molecule has 1 aromatic rings. The van der Waals surface area contributed by atoms with Crippen molar-refractivity contribution in [3.05, 3.63) is 24.3 Å². The van der Waals surface area contributed by atoms with Crippen LogP contribution in [0, 0.1) is 0 Å². The van der Waals surface area contributed by atoms with Crippen molar-refractivity contribution >= 4 is 23.4 Å². The van der Waals surface area contributed by atoms with Crippen LogP contribution in [0.3, 0.4) is 0 Å². The minimum Gasteiger partial charge on any atom is -0.447 e. The maximum atomic E-state index is 12.1. The molecular formula is C14H19N3O3. The minimum absolute atomic E-state index is 0.138. The van der Waals surface area contributed by atoms with Gasteiger partial charge >= 0.3 is 6.09 Å². The molecule has 0 radical (unpaired) electrons. The first-order valence-corrected chi connectivity index (χ1v) is 6.49. The van der Waals surface area contributed by atoms with Crippen molar-refractivity contribution in [3.8, 4) is 0 Å². The van der Waals surface area contributed by atoms with E-state index < -0.39 is 5.54 Å². The largest absolute Gasteiger partial charge is 0.447 e. The highest BCUT2D eigenvalue weighted by atomic mass is 16.6. The molecule has 2 N–H and O–H groups in total. The highest BCUT2D eigenvalue weighted by Crippen LogP contribution is 2.23. The van der Waals surface area contributed by atoms with Gasteiger partial charge in [0, 0.05) is 11.4 Å². The Morgan fingerprint density at radius 1 is 1.40 bits per heavy atom. The normalized spacial score (nSPS) is 15.2. The first-order chi connectivity index (χ1) is 9.44. The first kappa shape index (κ1) is 14.3. The van der Waals surface area contributed by atoms with E-state index in [1.54, 1.807) is 44.0 Å². The molecule has 20 heavy (non-hydrogen) atoms. The highest BCUT2D eigenvalue weighted by Gasteiger charge is 2.26. The van der Waals surface area contributed by atoms with E-state index in [0.717, 1.165) is 0 Å². The van der Waals surface area contributed by atoms with Crippen molar-refractivity contribution in [2.75, 3.05) is 30.4 Å². The van der Waals surface area contributed by atoms with Crippen LogP contribution in [0.2, 0.25) is 0 Å². The Kier molecular flexibility index (Phi) is 3.94. The van der Waals surface area contributed by atoms with Crippen molar-refractivity contribution < 1.29 is 14.3 Å². The summed E-state index contributed by atoms with van der Waals surface area (Å²) in [7, 11) is 1.73. The Labute approximate surface area is 118 Å². The van der Waals surface area contributed by atoms with Crippen LogP contribution in [0.1, 0.15) is 13.8 Å². The van der Waals surface area contributed by atoms with E-state index in [2.05, 4.69) is 10.6 Å². The lowest BCUT2D eigenvalue weighted by Crippen LogP contribution is -2.47. The summed E-state index contributed by atoms with van der Waals surface area (Å²) < 4.78 is 4.90. The Morgan fingerprint density at radius 2 is 2.15 bits per heavy atom. The zero-order valence-electron chi connectivity index (χ0n) is 11.9. The maximum absolute atomic E-state index is 12.1. The second-order valence-corrected chi connectivity index (χ2v) is 5.15. The van der Waals surface area contributed by atoms with E-state index in [4.69, 9.17) is 4.74 Å². The predicted molar refractivity (Wildman–Crippen MR) is 76.9 cm³/mol. The predicted octanol–water partition coefficient (Wildman–Crippen LogP) is 1.58. The molecule has 1 heterocycles. The summed E-state index contributed by atoms with van der Waals surface area (Å²) in [6, 6.07) is 7.15. The molecule has 2 rings (SSSR count). The summed E-state index contributed by atoms with van der Waals surface area (Å²) >= 11 is 0. The lowest BCUT2D eigenvalue weighted by Gasteiger charge is -2.23. The monoisotopic (exact) mass is 277 g/mol. The lowest BCUT2D eigenvalue weighted by atomic mass is 10.1. The molecule has 0 saturated carbocycles. The number of hydrogen-bond acceptors (Lipinski definition) is 4. The molecule has 1 aliphatic heterocycles. The van der Waals surface area contributed by atoms with Gasteiger partial charge in [-0.1, -0.05) is 6.07 Å². The van der Waals surface area contributed by atoms with Crippen LogP contribution in [0.5, 0.6) is 0 Å². The topological polar surface area (TPSA) is 70.7 Å². The second-order valence-electron chi connectivity index (χ2n) is 5.15. The van der Waals surface area contributed by atoms with Gasteiger partial charge in [0.2, 0.25) is 5.91 Å². The van der Waals surface area contributed by atoms with Gasteiger partial charge in [-0.15, -0.1) is 0 Å². The summed E-state index contributed by atoms with van der Waals surface area (Å²) in [4.78, 5) is 25.1. The molecule has 0 aromatic heterocycles. The molecular weight excluding hydrogens is 258 g/mol. The quantitative estimate of drug-likeness (QED) is 0.876. The zero-order chi connectivity index (χ0) is 14.8. The van der Waals surface area contributed by atoms with Crippen LogP contribution in [0.25, 0.3) is 0 Å². The third-order valence-electron chi connectivity index (χ3n) is 3.37. The van der Waals surface area contributed by atoms with Crippen molar-refractivity contribution in [2.45, 2.75) is 19.4 Å². The van der Waals surface area contributed by atoms with Gasteiger partial charge < -0.3 is 15.4 Å². The molecule has 0 unspecified atom stereocenters. The Morgan fingerprint density at radius 3 is 2.75 bits per heavy atom. The average molecular weight is 277 g/mol. The molecule has 1 aromatic carbocycles. The number of amides is 2. The first-order valence-electron chi connectivity index (χ1n) is 6.49. The van der Waals surface area contributed by atoms with Gasteiger partial charge in [0.05, 0.1) is 12.1 Å². The number of nitrogens with one attached hydrogen (secondary N) is 2. The van der Waals surface area contributed by atoms with E-state index in [9.17, 15) is 9.59 Å². The van der Waals surface area contributed by atoms with Gasteiger partial charge in [0.25, 0.3) is 0 Å². The maximum Gasteiger partial charge on any atom is 0.414 e. The number of cyclic esters (lactones) is 1. The molecule has 108 valence electrons. The highest BCUT2D eigenvalue weighted by molar-refractivity contribution is 5.98. The summed E-state index contributed by atoms with van der Waals surface area (Å²) in [5.41, 5.74) is 0.700. The number of carbonyl (C=O) groups is 2. The number of anilines is 2. The summed E-state index contributed by atoms with van der Waals surface area (Å²) in [5.74, 6) is -0.138. The Bertz CT molecular complexity index is 528. The number of ether oxygens (including phenoxy) is 1. The zero-order valence-corrected chi connectivity index (χ0v) is 11.9. The van der Waals surface area contributed by atoms with E-state index >= 15 is 0 Å². The van der Waals surface area contributed by atoms with Gasteiger partial charge in [0.15, 0.2) is 0 Å². The van der Waals surface area contributed by atoms with Gasteiger partial charge in [-0.25, -0.2) is 4.79 Å². The number of carbonyl (C=O) groups excluding carboxylic acids is 2. The number of rotatable bonds is 4. The van der Waals surface area contributed by atoms with Crippen molar-refractivity contribution in [3.63, 3.8) is 0 Å². The van der Waals surface area contributed by atoms with Crippen LogP contribution in [-0.2, 0) is 9.53 Å². The number of nitrogens with zero attached hydrogens (tertiary/aromatic N) is 1. The van der Waals surface area contributed by atoms with Crippen molar-refractivity contribution in [2.24, 2.45) is 0 Å². The van der Waals surface area contributed by atoms with E-state index in [-0.39, 0.29) is 12.0 Å². The smallest absolute Gasteiger partial charge is 0.414 e. The van der Waals surface area contributed by atoms with Crippen LogP contribution >= 0.6 is 0 Å².